The quantitative estimate of drug-likeness (QED) is 0.405. The van der Waals surface area contributed by atoms with E-state index >= 15 is 0 Å². The Morgan fingerprint density at radius 1 is 1.03 bits per heavy atom. The molecule has 1 aliphatic carbocycles. The molecule has 1 saturated carbocycles. The molecular formula is C30H41BN2O6. The van der Waals surface area contributed by atoms with Crippen LogP contribution >= 0.6 is 0 Å². The molecule has 2 aromatic rings. The van der Waals surface area contributed by atoms with Gasteiger partial charge in [-0.2, -0.15) is 4.98 Å². The van der Waals surface area contributed by atoms with E-state index in [1.165, 1.54) is 0 Å². The third-order valence-corrected chi connectivity index (χ3v) is 8.03. The smallest absolute Gasteiger partial charge is 0.474 e. The fourth-order valence-electron chi connectivity index (χ4n) is 5.27. The van der Waals surface area contributed by atoms with Crippen molar-refractivity contribution in [3.05, 3.63) is 35.9 Å². The Labute approximate surface area is 232 Å². The zero-order valence-corrected chi connectivity index (χ0v) is 24.3. The van der Waals surface area contributed by atoms with Gasteiger partial charge >= 0.3 is 13.2 Å². The first kappa shape index (κ1) is 27.8. The number of benzene rings is 1. The second kappa shape index (κ2) is 10.3. The Morgan fingerprint density at radius 2 is 1.72 bits per heavy atom. The molecule has 2 fully saturated rings. The van der Waals surface area contributed by atoms with Crippen molar-refractivity contribution in [2.75, 3.05) is 0 Å². The van der Waals surface area contributed by atoms with E-state index in [0.29, 0.717) is 24.8 Å². The lowest BCUT2D eigenvalue weighted by Crippen LogP contribution is -2.41. The number of rotatable bonds is 4. The number of amides is 1. The second-order valence-electron chi connectivity index (χ2n) is 12.9. The third-order valence-electron chi connectivity index (χ3n) is 8.03. The SMILES string of the molecule is CC(C)(C)OC(=O)NC1CCCC[C@@H](Oc2ccc3c(n2)OCc2cc(B4OC(C)(C)C(C)(C)O4)ccc2-3)C1. The highest BCUT2D eigenvalue weighted by Gasteiger charge is 2.51. The van der Waals surface area contributed by atoms with E-state index in [1.54, 1.807) is 0 Å². The minimum atomic E-state index is -0.524. The number of aromatic nitrogens is 1. The van der Waals surface area contributed by atoms with Crippen LogP contribution in [0.5, 0.6) is 11.8 Å². The largest absolute Gasteiger partial charge is 0.494 e. The molecule has 1 aromatic carbocycles. The number of carbonyl (C=O) groups excluding carboxylic acids is 1. The molecule has 2 atom stereocenters. The molecule has 1 N–H and O–H groups in total. The van der Waals surface area contributed by atoms with Crippen molar-refractivity contribution < 1.29 is 28.3 Å². The maximum atomic E-state index is 12.3. The number of hydrogen-bond acceptors (Lipinski definition) is 7. The zero-order valence-electron chi connectivity index (χ0n) is 24.3. The van der Waals surface area contributed by atoms with Crippen LogP contribution in [0.1, 0.15) is 86.1 Å². The van der Waals surface area contributed by atoms with Gasteiger partial charge in [0.1, 0.15) is 18.3 Å². The summed E-state index contributed by atoms with van der Waals surface area (Å²) in [5.74, 6) is 1.11. The van der Waals surface area contributed by atoms with Gasteiger partial charge < -0.3 is 28.8 Å². The summed E-state index contributed by atoms with van der Waals surface area (Å²) in [5.41, 5.74) is 2.78. The van der Waals surface area contributed by atoms with Crippen LogP contribution in [0, 0.1) is 0 Å². The molecule has 0 bridgehead atoms. The minimum Gasteiger partial charge on any atom is -0.474 e. The molecule has 9 heteroatoms. The summed E-state index contributed by atoms with van der Waals surface area (Å²) in [4.78, 5) is 17.0. The monoisotopic (exact) mass is 536 g/mol. The molecule has 1 saturated heterocycles. The van der Waals surface area contributed by atoms with Gasteiger partial charge in [0, 0.05) is 24.1 Å². The van der Waals surface area contributed by atoms with Gasteiger partial charge in [-0.1, -0.05) is 24.6 Å². The predicted octanol–water partition coefficient (Wildman–Crippen LogP) is 5.55. The first-order valence-electron chi connectivity index (χ1n) is 14.1. The first-order valence-corrected chi connectivity index (χ1v) is 14.1. The van der Waals surface area contributed by atoms with Crippen molar-refractivity contribution in [3.8, 4) is 22.9 Å². The molecule has 3 heterocycles. The van der Waals surface area contributed by atoms with Gasteiger partial charge in [0.05, 0.1) is 11.2 Å². The summed E-state index contributed by atoms with van der Waals surface area (Å²) in [5, 5.41) is 3.02. The predicted molar refractivity (Wildman–Crippen MR) is 150 cm³/mol. The number of fused-ring (bicyclic) bond motifs is 3. The molecule has 1 amide bonds. The van der Waals surface area contributed by atoms with Crippen molar-refractivity contribution in [3.63, 3.8) is 0 Å². The molecule has 3 aliphatic rings. The maximum Gasteiger partial charge on any atom is 0.494 e. The molecular weight excluding hydrogens is 495 g/mol. The molecule has 210 valence electrons. The molecule has 8 nitrogen and oxygen atoms in total. The van der Waals surface area contributed by atoms with E-state index in [4.69, 9.17) is 28.5 Å². The minimum absolute atomic E-state index is 0.00581. The van der Waals surface area contributed by atoms with E-state index in [1.807, 2.05) is 32.9 Å². The van der Waals surface area contributed by atoms with Crippen molar-refractivity contribution >= 4 is 18.7 Å². The molecule has 0 spiro atoms. The molecule has 2 aliphatic heterocycles. The zero-order chi connectivity index (χ0) is 28.0. The topological polar surface area (TPSA) is 88.1 Å². The highest BCUT2D eigenvalue weighted by Crippen LogP contribution is 2.39. The number of carbonyl (C=O) groups is 1. The van der Waals surface area contributed by atoms with Gasteiger partial charge in [0.25, 0.3) is 0 Å². The Bertz CT molecular complexity index is 1210. The number of hydrogen-bond donors (Lipinski definition) is 1. The van der Waals surface area contributed by atoms with Crippen LogP contribution in [0.2, 0.25) is 0 Å². The summed E-state index contributed by atoms with van der Waals surface area (Å²) in [6.07, 6.45) is 4.18. The average Bonchev–Trinajstić information content (AvgIpc) is 2.95. The number of nitrogens with zero attached hydrogens (tertiary/aromatic N) is 1. The van der Waals surface area contributed by atoms with E-state index in [0.717, 1.165) is 47.8 Å². The Hall–Kier alpha value is -2.78. The molecule has 0 radical (unpaired) electrons. The van der Waals surface area contributed by atoms with Crippen LogP contribution < -0.4 is 20.3 Å². The Balaban J connectivity index is 1.26. The van der Waals surface area contributed by atoms with Gasteiger partial charge in [0.15, 0.2) is 0 Å². The van der Waals surface area contributed by atoms with Gasteiger partial charge in [-0.3, -0.25) is 0 Å². The van der Waals surface area contributed by atoms with Gasteiger partial charge in [0.2, 0.25) is 11.8 Å². The summed E-state index contributed by atoms with van der Waals surface area (Å²) >= 11 is 0. The highest BCUT2D eigenvalue weighted by atomic mass is 16.7. The highest BCUT2D eigenvalue weighted by molar-refractivity contribution is 6.62. The van der Waals surface area contributed by atoms with Crippen LogP contribution in [0.25, 0.3) is 11.1 Å². The van der Waals surface area contributed by atoms with Gasteiger partial charge in [-0.05, 0) is 90.4 Å². The Morgan fingerprint density at radius 3 is 2.44 bits per heavy atom. The molecule has 5 rings (SSSR count). The first-order chi connectivity index (χ1) is 18.3. The lowest BCUT2D eigenvalue weighted by molar-refractivity contribution is 0.00578. The summed E-state index contributed by atoms with van der Waals surface area (Å²) in [7, 11) is -0.413. The Kier molecular flexibility index (Phi) is 7.35. The van der Waals surface area contributed by atoms with Crippen LogP contribution in [0.15, 0.2) is 30.3 Å². The lowest BCUT2D eigenvalue weighted by atomic mass is 9.77. The third kappa shape index (κ3) is 6.20. The maximum absolute atomic E-state index is 12.3. The number of alkyl carbamates (subject to hydrolysis) is 1. The fourth-order valence-corrected chi connectivity index (χ4v) is 5.27. The van der Waals surface area contributed by atoms with E-state index in [-0.39, 0.29) is 29.4 Å². The van der Waals surface area contributed by atoms with E-state index in [9.17, 15) is 4.79 Å². The average molecular weight is 536 g/mol. The van der Waals surface area contributed by atoms with Crippen molar-refractivity contribution in [2.45, 2.75) is 116 Å². The van der Waals surface area contributed by atoms with Crippen molar-refractivity contribution in [1.29, 1.82) is 0 Å². The second-order valence-corrected chi connectivity index (χ2v) is 12.9. The van der Waals surface area contributed by atoms with Crippen molar-refractivity contribution in [1.82, 2.24) is 10.3 Å². The lowest BCUT2D eigenvalue weighted by Gasteiger charge is -2.32. The summed E-state index contributed by atoms with van der Waals surface area (Å²) in [6.45, 7) is 14.3. The van der Waals surface area contributed by atoms with Gasteiger partial charge in [-0.15, -0.1) is 0 Å². The van der Waals surface area contributed by atoms with Gasteiger partial charge in [-0.25, -0.2) is 4.79 Å². The molecule has 1 unspecified atom stereocenters. The summed E-state index contributed by atoms with van der Waals surface area (Å²) in [6, 6.07) is 10.2. The number of nitrogens with one attached hydrogen (secondary N) is 1. The molecule has 39 heavy (non-hydrogen) atoms. The van der Waals surface area contributed by atoms with Crippen LogP contribution in [-0.2, 0) is 20.7 Å². The fraction of sp³-hybridized carbons (Fsp3) is 0.600. The normalized spacial score (nSPS) is 23.6. The number of pyridine rings is 1. The van der Waals surface area contributed by atoms with E-state index in [2.05, 4.69) is 51.2 Å². The van der Waals surface area contributed by atoms with E-state index < -0.39 is 12.7 Å². The standard InChI is InChI=1S/C30H41BN2O6/c1-28(2,3)37-27(34)32-21-10-8-9-11-22(17-21)36-25-15-14-24-23-13-12-20(16-19(23)18-35-26(24)33-25)31-38-29(4,5)30(6,7)39-31/h12-16,21-22H,8-11,17-18H2,1-7H3,(H,32,34)/t21?,22-/m1/s1. The summed E-state index contributed by atoms with van der Waals surface area (Å²) < 4.78 is 30.3. The van der Waals surface area contributed by atoms with Crippen LogP contribution in [0.3, 0.4) is 0 Å². The number of ether oxygens (including phenoxy) is 3. The van der Waals surface area contributed by atoms with Crippen molar-refractivity contribution in [2.24, 2.45) is 0 Å². The van der Waals surface area contributed by atoms with Crippen LogP contribution in [0.4, 0.5) is 4.79 Å². The molecule has 1 aromatic heterocycles. The van der Waals surface area contributed by atoms with Crippen LogP contribution in [-0.4, -0.2) is 47.1 Å².